The molecule has 0 N–H and O–H groups in total. The van der Waals surface area contributed by atoms with Crippen LogP contribution in [0.15, 0.2) is 54.9 Å². The molecule has 1 atom stereocenters. The Kier molecular flexibility index (Phi) is 4.26. The number of piperidine rings is 1. The molecule has 0 radical (unpaired) electrons. The second-order valence-corrected chi connectivity index (χ2v) is 7.57. The molecule has 4 aromatic rings. The molecule has 0 bridgehead atoms. The van der Waals surface area contributed by atoms with Gasteiger partial charge < -0.3 is 0 Å². The first-order chi connectivity index (χ1) is 13.3. The fourth-order valence-electron chi connectivity index (χ4n) is 3.95. The third kappa shape index (κ3) is 3.17. The number of nitrogens with zero attached hydrogens (tertiary/aromatic N) is 5. The minimum atomic E-state index is 0.333. The minimum Gasteiger partial charge on any atom is -0.298 e. The smallest absolute Gasteiger partial charge is 0.166 e. The maximum Gasteiger partial charge on any atom is 0.166 e. The van der Waals surface area contributed by atoms with Crippen LogP contribution in [0.25, 0.3) is 16.6 Å². The van der Waals surface area contributed by atoms with E-state index in [1.54, 1.807) is 6.33 Å². The lowest BCUT2D eigenvalue weighted by atomic mass is 9.97. The van der Waals surface area contributed by atoms with Gasteiger partial charge in [-0.05, 0) is 43.1 Å². The average Bonchev–Trinajstić information content (AvgIpc) is 3.15. The monoisotopic (exact) mass is 377 g/mol. The fraction of sp³-hybridized carbons (Fsp3) is 0.286. The van der Waals surface area contributed by atoms with Crippen LogP contribution in [0.2, 0.25) is 5.02 Å². The number of halogens is 1. The highest BCUT2D eigenvalue weighted by Gasteiger charge is 2.25. The fourth-order valence-corrected chi connectivity index (χ4v) is 4.14. The number of hydrogen-bond acceptors (Lipinski definition) is 4. The van der Waals surface area contributed by atoms with E-state index in [9.17, 15) is 0 Å². The first-order valence-electron chi connectivity index (χ1n) is 9.34. The van der Waals surface area contributed by atoms with Gasteiger partial charge in [-0.2, -0.15) is 0 Å². The van der Waals surface area contributed by atoms with Crippen molar-refractivity contribution in [3.8, 4) is 0 Å². The van der Waals surface area contributed by atoms with E-state index in [-0.39, 0.29) is 0 Å². The Morgan fingerprint density at radius 1 is 1.07 bits per heavy atom. The van der Waals surface area contributed by atoms with Gasteiger partial charge in [0, 0.05) is 29.4 Å². The van der Waals surface area contributed by atoms with Gasteiger partial charge >= 0.3 is 0 Å². The van der Waals surface area contributed by atoms with Crippen LogP contribution in [-0.2, 0) is 6.54 Å². The molecule has 136 valence electrons. The van der Waals surface area contributed by atoms with Crippen molar-refractivity contribution in [2.75, 3.05) is 13.1 Å². The normalized spacial score (nSPS) is 18.3. The summed E-state index contributed by atoms with van der Waals surface area (Å²) >= 11 is 6.34. The molecular formula is C21H20ClN5. The van der Waals surface area contributed by atoms with Crippen molar-refractivity contribution in [3.05, 3.63) is 71.3 Å². The minimum absolute atomic E-state index is 0.333. The molecule has 5 nitrogen and oxygen atoms in total. The Bertz CT molecular complexity index is 1110. The second-order valence-electron chi connectivity index (χ2n) is 7.17. The Labute approximate surface area is 162 Å². The zero-order chi connectivity index (χ0) is 18.2. The average molecular weight is 378 g/mol. The first-order valence-corrected chi connectivity index (χ1v) is 9.71. The van der Waals surface area contributed by atoms with Crippen LogP contribution < -0.4 is 0 Å². The summed E-state index contributed by atoms with van der Waals surface area (Å²) < 4.78 is 1.81. The van der Waals surface area contributed by atoms with Gasteiger partial charge in [0.25, 0.3) is 0 Å². The van der Waals surface area contributed by atoms with E-state index in [2.05, 4.69) is 22.0 Å². The highest BCUT2D eigenvalue weighted by molar-refractivity contribution is 6.31. The van der Waals surface area contributed by atoms with Gasteiger partial charge in [-0.3, -0.25) is 4.90 Å². The topological polar surface area (TPSA) is 46.3 Å². The van der Waals surface area contributed by atoms with E-state index in [0.717, 1.165) is 59.9 Å². The van der Waals surface area contributed by atoms with E-state index in [1.807, 2.05) is 40.9 Å². The Hall–Kier alpha value is -2.50. The number of benzene rings is 2. The quantitative estimate of drug-likeness (QED) is 0.533. The molecule has 3 heterocycles. The second kappa shape index (κ2) is 6.91. The number of hydrogen-bond donors (Lipinski definition) is 0. The highest BCUT2D eigenvalue weighted by atomic mass is 35.5. The summed E-state index contributed by atoms with van der Waals surface area (Å²) in [5.74, 6) is 1.25. The molecule has 1 aliphatic heterocycles. The molecule has 0 spiro atoms. The van der Waals surface area contributed by atoms with E-state index >= 15 is 0 Å². The number of aromatic nitrogens is 4. The SMILES string of the molecule is Clc1ccccc1CN1CCCC(c2nc3c4ccccc4ncn3n2)C1. The molecule has 27 heavy (non-hydrogen) atoms. The summed E-state index contributed by atoms with van der Waals surface area (Å²) in [6, 6.07) is 16.2. The van der Waals surface area contributed by atoms with E-state index in [0.29, 0.717) is 5.92 Å². The maximum atomic E-state index is 6.34. The van der Waals surface area contributed by atoms with Crippen molar-refractivity contribution in [2.45, 2.75) is 25.3 Å². The van der Waals surface area contributed by atoms with Crippen molar-refractivity contribution in [1.29, 1.82) is 0 Å². The standard InChI is InChI=1S/C21H20ClN5/c22-18-9-3-1-6-15(18)12-26-11-5-7-16(13-26)20-24-21-17-8-2-4-10-19(17)23-14-27(21)25-20/h1-4,6,8-10,14,16H,5,7,11-13H2. The third-order valence-electron chi connectivity index (χ3n) is 5.32. The summed E-state index contributed by atoms with van der Waals surface area (Å²) in [6.45, 7) is 2.90. The summed E-state index contributed by atoms with van der Waals surface area (Å²) in [4.78, 5) is 11.8. The number of rotatable bonds is 3. The van der Waals surface area contributed by atoms with E-state index in [4.69, 9.17) is 21.7 Å². The lowest BCUT2D eigenvalue weighted by Crippen LogP contribution is -2.34. The van der Waals surface area contributed by atoms with Crippen LogP contribution in [0, 0.1) is 0 Å². The van der Waals surface area contributed by atoms with Crippen molar-refractivity contribution < 1.29 is 0 Å². The molecule has 1 unspecified atom stereocenters. The predicted molar refractivity (Wildman–Crippen MR) is 107 cm³/mol. The molecule has 1 saturated heterocycles. The van der Waals surface area contributed by atoms with E-state index < -0.39 is 0 Å². The van der Waals surface area contributed by atoms with Crippen LogP contribution in [0.1, 0.15) is 30.1 Å². The summed E-state index contributed by atoms with van der Waals surface area (Å²) in [7, 11) is 0. The van der Waals surface area contributed by atoms with Gasteiger partial charge in [-0.25, -0.2) is 14.5 Å². The first kappa shape index (κ1) is 16.7. The highest BCUT2D eigenvalue weighted by Crippen LogP contribution is 2.28. The van der Waals surface area contributed by atoms with Crippen molar-refractivity contribution in [3.63, 3.8) is 0 Å². The third-order valence-corrected chi connectivity index (χ3v) is 5.69. The van der Waals surface area contributed by atoms with Gasteiger partial charge in [0.2, 0.25) is 0 Å². The molecule has 2 aromatic carbocycles. The van der Waals surface area contributed by atoms with Crippen LogP contribution >= 0.6 is 11.6 Å². The molecular weight excluding hydrogens is 358 g/mol. The van der Waals surface area contributed by atoms with Gasteiger partial charge in [0.15, 0.2) is 11.5 Å². The number of para-hydroxylation sites is 1. The summed E-state index contributed by atoms with van der Waals surface area (Å²) in [6.07, 6.45) is 4.02. The van der Waals surface area contributed by atoms with Crippen molar-refractivity contribution >= 4 is 28.2 Å². The van der Waals surface area contributed by atoms with Crippen LogP contribution in [0.4, 0.5) is 0 Å². The molecule has 2 aromatic heterocycles. The molecule has 5 rings (SSSR count). The Morgan fingerprint density at radius 2 is 1.93 bits per heavy atom. The molecule has 6 heteroatoms. The molecule has 1 aliphatic rings. The van der Waals surface area contributed by atoms with Crippen molar-refractivity contribution in [2.24, 2.45) is 0 Å². The van der Waals surface area contributed by atoms with Crippen LogP contribution in [-0.4, -0.2) is 37.6 Å². The Balaban J connectivity index is 1.42. The summed E-state index contributed by atoms with van der Waals surface area (Å²) in [5.41, 5.74) is 3.02. The van der Waals surface area contributed by atoms with E-state index in [1.165, 1.54) is 5.56 Å². The largest absolute Gasteiger partial charge is 0.298 e. The molecule has 0 amide bonds. The maximum absolute atomic E-state index is 6.34. The lowest BCUT2D eigenvalue weighted by Gasteiger charge is -2.31. The van der Waals surface area contributed by atoms with Crippen molar-refractivity contribution in [1.82, 2.24) is 24.5 Å². The molecule has 1 fully saturated rings. The number of fused-ring (bicyclic) bond motifs is 3. The van der Waals surface area contributed by atoms with Crippen LogP contribution in [0.5, 0.6) is 0 Å². The molecule has 0 aliphatic carbocycles. The van der Waals surface area contributed by atoms with Gasteiger partial charge in [0.1, 0.15) is 6.33 Å². The zero-order valence-electron chi connectivity index (χ0n) is 14.9. The number of likely N-dealkylation sites (tertiary alicyclic amines) is 1. The van der Waals surface area contributed by atoms with Gasteiger partial charge in [-0.15, -0.1) is 5.10 Å². The molecule has 0 saturated carbocycles. The van der Waals surface area contributed by atoms with Gasteiger partial charge in [0.05, 0.1) is 5.52 Å². The van der Waals surface area contributed by atoms with Gasteiger partial charge in [-0.1, -0.05) is 41.9 Å². The summed E-state index contributed by atoms with van der Waals surface area (Å²) in [5, 5.41) is 6.62. The lowest BCUT2D eigenvalue weighted by molar-refractivity contribution is 0.196. The predicted octanol–water partition coefficient (Wildman–Crippen LogP) is 4.31. The zero-order valence-corrected chi connectivity index (χ0v) is 15.7. The van der Waals surface area contributed by atoms with Crippen LogP contribution in [0.3, 0.4) is 0 Å². The Morgan fingerprint density at radius 3 is 2.85 bits per heavy atom.